The molecule has 4 rings (SSSR count). The van der Waals surface area contributed by atoms with Crippen molar-refractivity contribution in [2.24, 2.45) is 0 Å². The van der Waals surface area contributed by atoms with Gasteiger partial charge in [0.05, 0.1) is 26.9 Å². The molecule has 0 saturated heterocycles. The SMILES string of the molecule is COc1cc(C(=O)c2coc3ccc(OC/C=C/c4ccccc4)cc23)cc(OC)c1OC. The van der Waals surface area contributed by atoms with Gasteiger partial charge in [-0.1, -0.05) is 36.4 Å². The number of methoxy groups -OCH3 is 3. The number of benzene rings is 3. The highest BCUT2D eigenvalue weighted by Gasteiger charge is 2.21. The first-order chi connectivity index (χ1) is 16.1. The maximum absolute atomic E-state index is 13.3. The van der Waals surface area contributed by atoms with E-state index in [2.05, 4.69) is 0 Å². The van der Waals surface area contributed by atoms with Crippen molar-refractivity contribution >= 4 is 22.8 Å². The van der Waals surface area contributed by atoms with Crippen molar-refractivity contribution in [2.75, 3.05) is 27.9 Å². The van der Waals surface area contributed by atoms with Crippen LogP contribution in [0.5, 0.6) is 23.0 Å². The zero-order valence-corrected chi connectivity index (χ0v) is 18.7. The number of hydrogen-bond donors (Lipinski definition) is 0. The summed E-state index contributed by atoms with van der Waals surface area (Å²) < 4.78 is 27.6. The lowest BCUT2D eigenvalue weighted by Gasteiger charge is -2.13. The first kappa shape index (κ1) is 22.0. The molecule has 0 aliphatic rings. The topological polar surface area (TPSA) is 67.1 Å². The fourth-order valence-electron chi connectivity index (χ4n) is 3.53. The number of carbonyl (C=O) groups excluding carboxylic acids is 1. The highest BCUT2D eigenvalue weighted by atomic mass is 16.5. The van der Waals surface area contributed by atoms with Gasteiger partial charge in [0.15, 0.2) is 17.3 Å². The zero-order chi connectivity index (χ0) is 23.2. The molecule has 0 aliphatic heterocycles. The third-order valence-electron chi connectivity index (χ3n) is 5.17. The summed E-state index contributed by atoms with van der Waals surface area (Å²) in [6.45, 7) is 0.397. The van der Waals surface area contributed by atoms with Crippen LogP contribution in [-0.2, 0) is 0 Å². The van der Waals surface area contributed by atoms with Crippen LogP contribution in [0.1, 0.15) is 21.5 Å². The van der Waals surface area contributed by atoms with Gasteiger partial charge in [0.2, 0.25) is 5.75 Å². The molecule has 0 N–H and O–H groups in total. The maximum atomic E-state index is 13.3. The lowest BCUT2D eigenvalue weighted by Crippen LogP contribution is -2.03. The van der Waals surface area contributed by atoms with Gasteiger partial charge < -0.3 is 23.4 Å². The van der Waals surface area contributed by atoms with E-state index in [1.807, 2.05) is 48.6 Å². The summed E-state index contributed by atoms with van der Waals surface area (Å²) >= 11 is 0. The monoisotopic (exact) mass is 444 g/mol. The first-order valence-electron chi connectivity index (χ1n) is 10.3. The van der Waals surface area contributed by atoms with Crippen molar-refractivity contribution in [3.63, 3.8) is 0 Å². The fraction of sp³-hybridized carbons (Fsp3) is 0.148. The molecular formula is C27H24O6. The Balaban J connectivity index is 1.58. The van der Waals surface area contributed by atoms with Crippen LogP contribution < -0.4 is 18.9 Å². The molecule has 4 aromatic rings. The van der Waals surface area contributed by atoms with Crippen LogP contribution in [0.3, 0.4) is 0 Å². The number of rotatable bonds is 9. The van der Waals surface area contributed by atoms with Crippen LogP contribution >= 0.6 is 0 Å². The van der Waals surface area contributed by atoms with Crippen molar-refractivity contribution in [3.05, 3.63) is 89.7 Å². The van der Waals surface area contributed by atoms with Gasteiger partial charge in [0.1, 0.15) is 24.2 Å². The number of furan rings is 1. The predicted octanol–water partition coefficient (Wildman–Crippen LogP) is 5.78. The Morgan fingerprint density at radius 1 is 0.909 bits per heavy atom. The van der Waals surface area contributed by atoms with Gasteiger partial charge in [-0.15, -0.1) is 0 Å². The van der Waals surface area contributed by atoms with Gasteiger partial charge in [0, 0.05) is 10.9 Å². The number of ether oxygens (including phenoxy) is 4. The van der Waals surface area contributed by atoms with E-state index in [0.717, 1.165) is 5.56 Å². The Labute approximate surface area is 192 Å². The van der Waals surface area contributed by atoms with E-state index in [4.69, 9.17) is 23.4 Å². The molecular weight excluding hydrogens is 420 g/mol. The summed E-state index contributed by atoms with van der Waals surface area (Å²) in [6.07, 6.45) is 5.39. The molecule has 0 aliphatic carbocycles. The summed E-state index contributed by atoms with van der Waals surface area (Å²) in [6, 6.07) is 18.7. The molecule has 0 spiro atoms. The normalized spacial score (nSPS) is 11.0. The Hall–Kier alpha value is -4.19. The molecule has 6 nitrogen and oxygen atoms in total. The Morgan fingerprint density at radius 2 is 1.64 bits per heavy atom. The second kappa shape index (κ2) is 9.96. The van der Waals surface area contributed by atoms with Crippen LogP contribution in [0.4, 0.5) is 0 Å². The molecule has 0 unspecified atom stereocenters. The van der Waals surface area contributed by atoms with E-state index in [1.165, 1.54) is 27.6 Å². The summed E-state index contributed by atoms with van der Waals surface area (Å²) in [7, 11) is 4.53. The van der Waals surface area contributed by atoms with Gasteiger partial charge in [-0.05, 0) is 42.0 Å². The van der Waals surface area contributed by atoms with E-state index in [-0.39, 0.29) is 5.78 Å². The van der Waals surface area contributed by atoms with Crippen LogP contribution in [0.25, 0.3) is 17.0 Å². The number of fused-ring (bicyclic) bond motifs is 1. The molecule has 0 amide bonds. The van der Waals surface area contributed by atoms with Crippen LogP contribution in [0.2, 0.25) is 0 Å². The van der Waals surface area contributed by atoms with Crippen LogP contribution in [0.15, 0.2) is 77.4 Å². The minimum atomic E-state index is -0.228. The summed E-state index contributed by atoms with van der Waals surface area (Å²) in [5.41, 5.74) is 2.51. The summed E-state index contributed by atoms with van der Waals surface area (Å²) in [4.78, 5) is 13.3. The zero-order valence-electron chi connectivity index (χ0n) is 18.7. The molecule has 1 heterocycles. The molecule has 1 aromatic heterocycles. The predicted molar refractivity (Wildman–Crippen MR) is 127 cm³/mol. The minimum absolute atomic E-state index is 0.228. The minimum Gasteiger partial charge on any atom is -0.493 e. The smallest absolute Gasteiger partial charge is 0.203 e. The second-order valence-corrected chi connectivity index (χ2v) is 7.17. The molecule has 6 heteroatoms. The standard InChI is InChI=1S/C27H24O6/c1-29-24-14-19(15-25(30-2)27(24)31-3)26(28)22-17-33-23-12-11-20(16-21(22)23)32-13-7-10-18-8-5-4-6-9-18/h4-12,14-17H,13H2,1-3H3/b10-7+. The van der Waals surface area contributed by atoms with Gasteiger partial charge in [0.25, 0.3) is 0 Å². The van der Waals surface area contributed by atoms with Gasteiger partial charge >= 0.3 is 0 Å². The van der Waals surface area contributed by atoms with Crippen molar-refractivity contribution in [2.45, 2.75) is 0 Å². The second-order valence-electron chi connectivity index (χ2n) is 7.17. The summed E-state index contributed by atoms with van der Waals surface area (Å²) in [5.74, 6) is 1.65. The average Bonchev–Trinajstić information content (AvgIpc) is 3.29. The lowest BCUT2D eigenvalue weighted by atomic mass is 10.0. The molecule has 0 radical (unpaired) electrons. The fourth-order valence-corrected chi connectivity index (χ4v) is 3.53. The quantitative estimate of drug-likeness (QED) is 0.305. The Morgan fingerprint density at radius 3 is 2.30 bits per heavy atom. The van der Waals surface area contributed by atoms with Crippen LogP contribution in [0, 0.1) is 0 Å². The molecule has 3 aromatic carbocycles. The van der Waals surface area contributed by atoms with Crippen molar-refractivity contribution in [3.8, 4) is 23.0 Å². The molecule has 0 fully saturated rings. The van der Waals surface area contributed by atoms with Crippen molar-refractivity contribution in [1.82, 2.24) is 0 Å². The highest BCUT2D eigenvalue weighted by molar-refractivity contribution is 6.16. The Bertz CT molecular complexity index is 1260. The third kappa shape index (κ3) is 4.70. The average molecular weight is 444 g/mol. The van der Waals surface area contributed by atoms with Gasteiger partial charge in [-0.2, -0.15) is 0 Å². The van der Waals surface area contributed by atoms with Crippen molar-refractivity contribution in [1.29, 1.82) is 0 Å². The summed E-state index contributed by atoms with van der Waals surface area (Å²) in [5, 5.41) is 0.665. The van der Waals surface area contributed by atoms with Gasteiger partial charge in [-0.25, -0.2) is 0 Å². The third-order valence-corrected chi connectivity index (χ3v) is 5.17. The largest absolute Gasteiger partial charge is 0.493 e. The number of ketones is 1. The van der Waals surface area contributed by atoms with Crippen LogP contribution in [-0.4, -0.2) is 33.7 Å². The molecule has 33 heavy (non-hydrogen) atoms. The van der Waals surface area contributed by atoms with E-state index < -0.39 is 0 Å². The number of hydrogen-bond acceptors (Lipinski definition) is 6. The van der Waals surface area contributed by atoms with E-state index in [9.17, 15) is 4.79 Å². The van der Waals surface area contributed by atoms with Crippen molar-refractivity contribution < 1.29 is 28.2 Å². The molecule has 0 atom stereocenters. The van der Waals surface area contributed by atoms with E-state index in [0.29, 0.717) is 51.7 Å². The van der Waals surface area contributed by atoms with E-state index >= 15 is 0 Å². The maximum Gasteiger partial charge on any atom is 0.203 e. The van der Waals surface area contributed by atoms with E-state index in [1.54, 1.807) is 24.3 Å². The molecule has 168 valence electrons. The first-order valence-corrected chi connectivity index (χ1v) is 10.3. The van der Waals surface area contributed by atoms with Gasteiger partial charge in [-0.3, -0.25) is 4.79 Å². The molecule has 0 saturated carbocycles. The number of carbonyl (C=O) groups is 1. The highest BCUT2D eigenvalue weighted by Crippen LogP contribution is 2.39. The lowest BCUT2D eigenvalue weighted by molar-refractivity contribution is 0.103. The Kier molecular flexibility index (Phi) is 6.64. The molecule has 0 bridgehead atoms.